The zero-order chi connectivity index (χ0) is 23.9. The lowest BCUT2D eigenvalue weighted by Crippen LogP contribution is -2.47. The number of allylic oxidation sites excluding steroid dienone is 7. The van der Waals surface area contributed by atoms with E-state index in [1.54, 1.807) is 0 Å². The van der Waals surface area contributed by atoms with Crippen molar-refractivity contribution in [3.05, 3.63) is 76.9 Å². The second-order valence-corrected chi connectivity index (χ2v) is 8.99. The van der Waals surface area contributed by atoms with Gasteiger partial charge in [-0.3, -0.25) is 0 Å². The van der Waals surface area contributed by atoms with Crippen LogP contribution in [-0.2, 0) is 0 Å². The molecule has 3 aliphatic rings. The molecule has 0 bridgehead atoms. The van der Waals surface area contributed by atoms with Crippen LogP contribution in [0.5, 0.6) is 0 Å². The lowest BCUT2D eigenvalue weighted by atomic mass is 9.89. The maximum absolute atomic E-state index is 13.6. The lowest BCUT2D eigenvalue weighted by Gasteiger charge is -2.35. The number of nitrogens with zero attached hydrogens (tertiary/aromatic N) is 3. The Bertz CT molecular complexity index is 1060. The van der Waals surface area contributed by atoms with Crippen LogP contribution < -0.4 is 5.32 Å². The van der Waals surface area contributed by atoms with Gasteiger partial charge in [-0.05, 0) is 81.0 Å². The number of amides is 2. The van der Waals surface area contributed by atoms with Gasteiger partial charge in [0.2, 0.25) is 0 Å². The highest BCUT2D eigenvalue weighted by atomic mass is 19.1. The Morgan fingerprint density at radius 1 is 1.12 bits per heavy atom. The molecular weight excluding hydrogens is 434 g/mol. The molecule has 0 radical (unpaired) electrons. The summed E-state index contributed by atoms with van der Waals surface area (Å²) in [6.45, 7) is 3.43. The van der Waals surface area contributed by atoms with Crippen molar-refractivity contribution in [3.63, 3.8) is 0 Å². The van der Waals surface area contributed by atoms with Crippen molar-refractivity contribution in [2.24, 2.45) is 0 Å². The Morgan fingerprint density at radius 2 is 1.88 bits per heavy atom. The van der Waals surface area contributed by atoms with Gasteiger partial charge >= 0.3 is 6.03 Å². The maximum atomic E-state index is 13.6. The van der Waals surface area contributed by atoms with Crippen LogP contribution in [-0.4, -0.2) is 48.1 Å². The summed E-state index contributed by atoms with van der Waals surface area (Å²) in [4.78, 5) is 17.4. The zero-order valence-electron chi connectivity index (χ0n) is 19.3. The fraction of sp³-hybridized carbons (Fsp3) is 0.407. The maximum Gasteiger partial charge on any atom is 0.322 e. The molecule has 34 heavy (non-hydrogen) atoms. The fourth-order valence-corrected chi connectivity index (χ4v) is 4.84. The van der Waals surface area contributed by atoms with E-state index in [2.05, 4.69) is 28.4 Å². The van der Waals surface area contributed by atoms with Gasteiger partial charge in [-0.15, -0.1) is 0 Å². The number of benzene rings is 1. The largest absolute Gasteiger partial charge is 0.322 e. The highest BCUT2D eigenvalue weighted by Crippen LogP contribution is 2.30. The van der Waals surface area contributed by atoms with Gasteiger partial charge in [0, 0.05) is 36.5 Å². The van der Waals surface area contributed by atoms with E-state index in [1.165, 1.54) is 18.4 Å². The van der Waals surface area contributed by atoms with Crippen molar-refractivity contribution in [1.29, 1.82) is 5.26 Å². The van der Waals surface area contributed by atoms with E-state index in [1.807, 2.05) is 23.1 Å². The van der Waals surface area contributed by atoms with Crippen LogP contribution in [0.2, 0.25) is 0 Å². The van der Waals surface area contributed by atoms with Gasteiger partial charge in [-0.1, -0.05) is 24.3 Å². The summed E-state index contributed by atoms with van der Waals surface area (Å²) in [5, 5.41) is 11.8. The van der Waals surface area contributed by atoms with Crippen molar-refractivity contribution in [3.8, 4) is 6.07 Å². The molecule has 1 N–H and O–H groups in total. The highest BCUT2D eigenvalue weighted by molar-refractivity contribution is 5.89. The summed E-state index contributed by atoms with van der Waals surface area (Å²) in [7, 11) is 0. The predicted molar refractivity (Wildman–Crippen MR) is 129 cm³/mol. The van der Waals surface area contributed by atoms with Crippen molar-refractivity contribution in [1.82, 2.24) is 9.80 Å². The molecule has 2 amide bonds. The molecule has 0 saturated carbocycles. The van der Waals surface area contributed by atoms with Crippen molar-refractivity contribution >= 4 is 11.7 Å². The number of rotatable bonds is 6. The molecule has 1 saturated heterocycles. The number of hydrogen-bond donors (Lipinski definition) is 1. The van der Waals surface area contributed by atoms with Crippen molar-refractivity contribution in [2.75, 3.05) is 31.5 Å². The molecule has 0 spiro atoms. The zero-order valence-corrected chi connectivity index (χ0v) is 19.3. The normalized spacial score (nSPS) is 20.6. The standard InChI is InChI=1S/C27H30F2N4O/c28-23-16-24(29)18-25(17-23)31-27(34)33(15-14-32-12-1-2-13-32)26-10-8-22(9-11-26)21-5-3-4-20(19-30)6-7-21/h4-8,16-18,26H,1-3,9-15H2,(H,31,34). The first-order valence-corrected chi connectivity index (χ1v) is 12.0. The van der Waals surface area contributed by atoms with E-state index in [0.717, 1.165) is 62.7 Å². The Hall–Kier alpha value is -3.24. The molecule has 178 valence electrons. The minimum Gasteiger partial charge on any atom is -0.320 e. The third-order valence-corrected chi connectivity index (χ3v) is 6.67. The van der Waals surface area contributed by atoms with Gasteiger partial charge in [0.05, 0.1) is 6.07 Å². The minimum absolute atomic E-state index is 0.00733. The van der Waals surface area contributed by atoms with Crippen LogP contribution in [0, 0.1) is 23.0 Å². The molecule has 1 fully saturated rings. The van der Waals surface area contributed by atoms with Gasteiger partial charge in [0.1, 0.15) is 11.6 Å². The van der Waals surface area contributed by atoms with Crippen molar-refractivity contribution in [2.45, 2.75) is 44.6 Å². The topological polar surface area (TPSA) is 59.4 Å². The van der Waals surface area contributed by atoms with Gasteiger partial charge in [0.15, 0.2) is 0 Å². The number of halogens is 2. The van der Waals surface area contributed by atoms with Gasteiger partial charge in [0.25, 0.3) is 0 Å². The number of carbonyl (C=O) groups is 1. The van der Waals surface area contributed by atoms with Gasteiger partial charge in [-0.2, -0.15) is 5.26 Å². The Morgan fingerprint density at radius 3 is 2.56 bits per heavy atom. The fourth-order valence-electron chi connectivity index (χ4n) is 4.84. The number of hydrogen-bond acceptors (Lipinski definition) is 3. The summed E-state index contributed by atoms with van der Waals surface area (Å²) in [5.74, 6) is -1.44. The Kier molecular flexibility index (Phi) is 7.91. The van der Waals surface area contributed by atoms with Crippen LogP contribution in [0.15, 0.2) is 65.3 Å². The quantitative estimate of drug-likeness (QED) is 0.587. The minimum atomic E-state index is -0.720. The molecule has 7 heteroatoms. The van der Waals surface area contributed by atoms with E-state index in [9.17, 15) is 13.6 Å². The predicted octanol–water partition coefficient (Wildman–Crippen LogP) is 5.71. The number of nitrogens with one attached hydrogen (secondary N) is 1. The molecule has 0 aromatic heterocycles. The highest BCUT2D eigenvalue weighted by Gasteiger charge is 2.27. The average molecular weight is 465 g/mol. The molecule has 1 atom stereocenters. The average Bonchev–Trinajstić information content (AvgIpc) is 3.22. The molecule has 1 aromatic rings. The molecule has 1 aromatic carbocycles. The number of nitriles is 1. The molecule has 2 aliphatic carbocycles. The third-order valence-electron chi connectivity index (χ3n) is 6.67. The molecule has 1 unspecified atom stereocenters. The summed E-state index contributed by atoms with van der Waals surface area (Å²) >= 11 is 0. The van der Waals surface area contributed by atoms with E-state index < -0.39 is 11.6 Å². The number of urea groups is 1. The monoisotopic (exact) mass is 464 g/mol. The third kappa shape index (κ3) is 6.21. The second kappa shape index (κ2) is 11.3. The van der Waals surface area contributed by atoms with E-state index >= 15 is 0 Å². The van der Waals surface area contributed by atoms with Gasteiger partial charge < -0.3 is 15.1 Å². The number of anilines is 1. The van der Waals surface area contributed by atoms with Gasteiger partial charge in [-0.25, -0.2) is 13.6 Å². The first-order chi connectivity index (χ1) is 16.5. The van der Waals surface area contributed by atoms with Crippen LogP contribution >= 0.6 is 0 Å². The molecule has 4 rings (SSSR count). The van der Waals surface area contributed by atoms with E-state index in [0.29, 0.717) is 18.5 Å². The SMILES string of the molecule is N#CC1=CCC=C(C2=CCC(N(CCN3CCCC3)C(=O)Nc3cc(F)cc(F)c3)CC2)C=C1. The van der Waals surface area contributed by atoms with Crippen LogP contribution in [0.1, 0.15) is 38.5 Å². The van der Waals surface area contributed by atoms with Crippen LogP contribution in [0.25, 0.3) is 0 Å². The molecule has 1 aliphatic heterocycles. The summed E-state index contributed by atoms with van der Waals surface area (Å²) in [5.41, 5.74) is 3.14. The van der Waals surface area contributed by atoms with E-state index in [4.69, 9.17) is 5.26 Å². The Labute approximate surface area is 199 Å². The summed E-state index contributed by atoms with van der Waals surface area (Å²) in [6, 6.07) is 4.92. The second-order valence-electron chi connectivity index (χ2n) is 8.99. The Balaban J connectivity index is 1.46. The smallest absolute Gasteiger partial charge is 0.320 e. The summed E-state index contributed by atoms with van der Waals surface area (Å²) in [6.07, 6.45) is 15.5. The van der Waals surface area contributed by atoms with Crippen LogP contribution in [0.3, 0.4) is 0 Å². The molecule has 1 heterocycles. The number of likely N-dealkylation sites (tertiary alicyclic amines) is 1. The summed E-state index contributed by atoms with van der Waals surface area (Å²) < 4.78 is 27.3. The first-order valence-electron chi connectivity index (χ1n) is 12.0. The lowest BCUT2D eigenvalue weighted by molar-refractivity contribution is 0.169. The number of carbonyl (C=O) groups excluding carboxylic acids is 1. The first kappa shape index (κ1) is 23.9. The molecule has 5 nitrogen and oxygen atoms in total. The van der Waals surface area contributed by atoms with Crippen LogP contribution in [0.4, 0.5) is 19.3 Å². The van der Waals surface area contributed by atoms with E-state index in [-0.39, 0.29) is 17.8 Å². The molecular formula is C27H30F2N4O. The van der Waals surface area contributed by atoms with Crippen molar-refractivity contribution < 1.29 is 13.6 Å².